The number of aromatic nitrogens is 2. The van der Waals surface area contributed by atoms with Gasteiger partial charge in [-0.05, 0) is 48.8 Å². The molecule has 0 radical (unpaired) electrons. The summed E-state index contributed by atoms with van der Waals surface area (Å²) in [6.45, 7) is 5.88. The van der Waals surface area contributed by atoms with Gasteiger partial charge in [0.05, 0.1) is 16.7 Å². The van der Waals surface area contributed by atoms with Crippen LogP contribution in [0.1, 0.15) is 39.0 Å². The molecule has 0 spiro atoms. The third-order valence-corrected chi connectivity index (χ3v) is 4.36. The molecule has 0 saturated heterocycles. The van der Waals surface area contributed by atoms with Gasteiger partial charge in [-0.25, -0.2) is 9.97 Å². The Hall–Kier alpha value is -1.27. The topological polar surface area (TPSA) is 54.9 Å². The van der Waals surface area contributed by atoms with Gasteiger partial charge in [0.1, 0.15) is 5.69 Å². The van der Waals surface area contributed by atoms with Gasteiger partial charge < -0.3 is 5.32 Å². The third kappa shape index (κ3) is 3.39. The standard InChI is InChI=1S/C13H14BrN3OS/c1-7-12(19-9(3)16-7)8(2)17-13(18)11-5-4-10(14)6-15-11/h4-6,8H,1-3H3,(H,17,18). The van der Waals surface area contributed by atoms with Crippen LogP contribution in [-0.2, 0) is 0 Å². The largest absolute Gasteiger partial charge is 0.343 e. The molecule has 100 valence electrons. The molecule has 2 aromatic heterocycles. The van der Waals surface area contributed by atoms with Crippen molar-refractivity contribution in [2.75, 3.05) is 0 Å². The van der Waals surface area contributed by atoms with E-state index in [0.29, 0.717) is 5.69 Å². The Kier molecular flexibility index (Phi) is 4.31. The fourth-order valence-electron chi connectivity index (χ4n) is 1.80. The molecule has 1 N–H and O–H groups in total. The van der Waals surface area contributed by atoms with Gasteiger partial charge >= 0.3 is 0 Å². The van der Waals surface area contributed by atoms with Crippen molar-refractivity contribution < 1.29 is 4.79 Å². The first-order valence-corrected chi connectivity index (χ1v) is 7.44. The molecule has 1 amide bonds. The van der Waals surface area contributed by atoms with Gasteiger partial charge in [-0.1, -0.05) is 0 Å². The first-order valence-electron chi connectivity index (χ1n) is 5.83. The summed E-state index contributed by atoms with van der Waals surface area (Å²) in [6.07, 6.45) is 1.61. The number of halogens is 1. The Morgan fingerprint density at radius 1 is 1.42 bits per heavy atom. The van der Waals surface area contributed by atoms with Crippen molar-refractivity contribution in [2.45, 2.75) is 26.8 Å². The van der Waals surface area contributed by atoms with E-state index in [1.54, 1.807) is 29.7 Å². The van der Waals surface area contributed by atoms with Crippen LogP contribution in [0.4, 0.5) is 0 Å². The third-order valence-electron chi connectivity index (χ3n) is 2.64. The van der Waals surface area contributed by atoms with Gasteiger partial charge in [-0.3, -0.25) is 4.79 Å². The average molecular weight is 340 g/mol. The molecule has 6 heteroatoms. The monoisotopic (exact) mass is 339 g/mol. The molecule has 0 aliphatic rings. The summed E-state index contributed by atoms with van der Waals surface area (Å²) in [5.74, 6) is -0.176. The smallest absolute Gasteiger partial charge is 0.270 e. The van der Waals surface area contributed by atoms with Crippen molar-refractivity contribution in [3.63, 3.8) is 0 Å². The minimum atomic E-state index is -0.176. The van der Waals surface area contributed by atoms with Crippen molar-refractivity contribution in [3.8, 4) is 0 Å². The zero-order valence-corrected chi connectivity index (χ0v) is 13.3. The number of nitrogens with zero attached hydrogens (tertiary/aromatic N) is 2. The Morgan fingerprint density at radius 3 is 2.68 bits per heavy atom. The molecule has 1 unspecified atom stereocenters. The summed E-state index contributed by atoms with van der Waals surface area (Å²) in [6, 6.07) is 3.43. The van der Waals surface area contributed by atoms with E-state index in [1.807, 2.05) is 20.8 Å². The molecule has 2 heterocycles. The van der Waals surface area contributed by atoms with Gasteiger partial charge in [0.2, 0.25) is 0 Å². The fourth-order valence-corrected chi connectivity index (χ4v) is 2.96. The minimum absolute atomic E-state index is 0.0656. The minimum Gasteiger partial charge on any atom is -0.343 e. The summed E-state index contributed by atoms with van der Waals surface area (Å²) in [7, 11) is 0. The first kappa shape index (κ1) is 14.1. The van der Waals surface area contributed by atoms with Crippen molar-refractivity contribution >= 4 is 33.2 Å². The number of hydrogen-bond donors (Lipinski definition) is 1. The predicted octanol–water partition coefficient (Wildman–Crippen LogP) is 3.41. The van der Waals surface area contributed by atoms with Crippen molar-refractivity contribution in [1.82, 2.24) is 15.3 Å². The number of amides is 1. The van der Waals surface area contributed by atoms with E-state index in [1.165, 1.54) is 0 Å². The van der Waals surface area contributed by atoms with E-state index < -0.39 is 0 Å². The Morgan fingerprint density at radius 2 is 2.16 bits per heavy atom. The maximum absolute atomic E-state index is 12.1. The molecule has 0 aliphatic heterocycles. The number of pyridine rings is 1. The highest BCUT2D eigenvalue weighted by atomic mass is 79.9. The van der Waals surface area contributed by atoms with Crippen LogP contribution in [0.5, 0.6) is 0 Å². The number of hydrogen-bond acceptors (Lipinski definition) is 4. The normalized spacial score (nSPS) is 12.2. The molecule has 4 nitrogen and oxygen atoms in total. The Labute approximate surface area is 124 Å². The Balaban J connectivity index is 2.10. The molecule has 0 fully saturated rings. The molecule has 0 saturated carbocycles. The van der Waals surface area contributed by atoms with Gasteiger partial charge in [-0.2, -0.15) is 0 Å². The van der Waals surface area contributed by atoms with E-state index in [4.69, 9.17) is 0 Å². The summed E-state index contributed by atoms with van der Waals surface area (Å²) >= 11 is 4.90. The summed E-state index contributed by atoms with van der Waals surface area (Å²) in [5.41, 5.74) is 1.38. The quantitative estimate of drug-likeness (QED) is 0.932. The van der Waals surface area contributed by atoms with E-state index in [-0.39, 0.29) is 11.9 Å². The van der Waals surface area contributed by atoms with Crippen LogP contribution in [0.3, 0.4) is 0 Å². The highest BCUT2D eigenvalue weighted by Crippen LogP contribution is 2.24. The second kappa shape index (κ2) is 5.79. The average Bonchev–Trinajstić information content (AvgIpc) is 2.69. The van der Waals surface area contributed by atoms with Crippen molar-refractivity contribution in [3.05, 3.63) is 44.1 Å². The zero-order chi connectivity index (χ0) is 14.0. The molecule has 2 aromatic rings. The van der Waals surface area contributed by atoms with Crippen LogP contribution in [0.2, 0.25) is 0 Å². The summed E-state index contributed by atoms with van der Waals surface area (Å²) in [4.78, 5) is 21.6. The van der Waals surface area contributed by atoms with Crippen LogP contribution >= 0.6 is 27.3 Å². The fraction of sp³-hybridized carbons (Fsp3) is 0.308. The molecular weight excluding hydrogens is 326 g/mol. The van der Waals surface area contributed by atoms with Gasteiger partial charge in [0.15, 0.2) is 0 Å². The molecule has 1 atom stereocenters. The number of carbonyl (C=O) groups is 1. The number of thiazole rings is 1. The number of aryl methyl sites for hydroxylation is 2. The molecular formula is C13H14BrN3OS. The van der Waals surface area contributed by atoms with Gasteiger partial charge in [0, 0.05) is 15.5 Å². The van der Waals surface area contributed by atoms with Gasteiger partial charge in [-0.15, -0.1) is 11.3 Å². The molecule has 0 bridgehead atoms. The van der Waals surface area contributed by atoms with Crippen LogP contribution in [0.15, 0.2) is 22.8 Å². The van der Waals surface area contributed by atoms with E-state index >= 15 is 0 Å². The van der Waals surface area contributed by atoms with Crippen molar-refractivity contribution in [1.29, 1.82) is 0 Å². The molecule has 2 rings (SSSR count). The zero-order valence-electron chi connectivity index (χ0n) is 10.9. The molecule has 19 heavy (non-hydrogen) atoms. The lowest BCUT2D eigenvalue weighted by Crippen LogP contribution is -2.27. The second-order valence-electron chi connectivity index (χ2n) is 4.24. The number of rotatable bonds is 3. The van der Waals surface area contributed by atoms with E-state index in [2.05, 4.69) is 31.2 Å². The number of nitrogens with one attached hydrogen (secondary N) is 1. The first-order chi connectivity index (χ1) is 8.97. The van der Waals surface area contributed by atoms with E-state index in [0.717, 1.165) is 20.1 Å². The predicted molar refractivity (Wildman–Crippen MR) is 79.4 cm³/mol. The van der Waals surface area contributed by atoms with Crippen LogP contribution in [-0.4, -0.2) is 15.9 Å². The van der Waals surface area contributed by atoms with Crippen LogP contribution in [0.25, 0.3) is 0 Å². The lowest BCUT2D eigenvalue weighted by atomic mass is 10.2. The Bertz CT molecular complexity index is 594. The van der Waals surface area contributed by atoms with Crippen molar-refractivity contribution in [2.24, 2.45) is 0 Å². The van der Waals surface area contributed by atoms with E-state index in [9.17, 15) is 4.79 Å². The lowest BCUT2D eigenvalue weighted by Gasteiger charge is -2.12. The van der Waals surface area contributed by atoms with Crippen LogP contribution in [0, 0.1) is 13.8 Å². The highest BCUT2D eigenvalue weighted by molar-refractivity contribution is 9.10. The SMILES string of the molecule is Cc1nc(C)c(C(C)NC(=O)c2ccc(Br)cn2)s1. The molecule has 0 aromatic carbocycles. The highest BCUT2D eigenvalue weighted by Gasteiger charge is 2.16. The lowest BCUT2D eigenvalue weighted by molar-refractivity contribution is 0.0935. The summed E-state index contributed by atoms with van der Waals surface area (Å²) < 4.78 is 0.853. The summed E-state index contributed by atoms with van der Waals surface area (Å²) in [5, 5.41) is 3.95. The molecule has 0 aliphatic carbocycles. The van der Waals surface area contributed by atoms with Crippen LogP contribution < -0.4 is 5.32 Å². The van der Waals surface area contributed by atoms with Gasteiger partial charge in [0.25, 0.3) is 5.91 Å². The number of carbonyl (C=O) groups excluding carboxylic acids is 1. The second-order valence-corrected chi connectivity index (χ2v) is 6.39. The maximum atomic E-state index is 12.1. The maximum Gasteiger partial charge on any atom is 0.270 e.